The Hall–Kier alpha value is -1.89. The van der Waals surface area contributed by atoms with E-state index in [4.69, 9.17) is 15.0 Å². The van der Waals surface area contributed by atoms with Gasteiger partial charge in [-0.3, -0.25) is 0 Å². The van der Waals surface area contributed by atoms with Crippen LogP contribution in [-0.2, 0) is 10.1 Å². The van der Waals surface area contributed by atoms with Crippen LogP contribution in [0.4, 0.5) is 0 Å². The van der Waals surface area contributed by atoms with Gasteiger partial charge >= 0.3 is 10.1 Å². The van der Waals surface area contributed by atoms with Gasteiger partial charge in [0.05, 0.1) is 0 Å². The van der Waals surface area contributed by atoms with E-state index in [9.17, 15) is 8.42 Å². The molecular weight excluding hydrogens is 350 g/mol. The van der Waals surface area contributed by atoms with E-state index in [1.807, 2.05) is 34.6 Å². The van der Waals surface area contributed by atoms with Crippen molar-refractivity contribution < 1.29 is 17.7 Å². The molecule has 2 rings (SSSR count). The van der Waals surface area contributed by atoms with E-state index in [0.29, 0.717) is 17.5 Å². The Balaban J connectivity index is 2.39. The first-order valence-electron chi connectivity index (χ1n) is 8.58. The van der Waals surface area contributed by atoms with Gasteiger partial charge in [-0.2, -0.15) is 8.42 Å². The molecule has 0 aliphatic heterocycles. The molecule has 2 aromatic rings. The van der Waals surface area contributed by atoms with Gasteiger partial charge in [0.25, 0.3) is 0 Å². The summed E-state index contributed by atoms with van der Waals surface area (Å²) in [6, 6.07) is 6.32. The third kappa shape index (κ3) is 3.92. The molecule has 2 aromatic carbocycles. The van der Waals surface area contributed by atoms with Crippen LogP contribution in [-0.4, -0.2) is 20.1 Å². The Morgan fingerprint density at radius 1 is 0.923 bits per heavy atom. The summed E-state index contributed by atoms with van der Waals surface area (Å²) in [6.07, 6.45) is 0.443. The zero-order chi connectivity index (χ0) is 19.6. The van der Waals surface area contributed by atoms with E-state index in [1.54, 1.807) is 24.3 Å². The summed E-state index contributed by atoms with van der Waals surface area (Å²) in [5.41, 5.74) is 11.2. The van der Waals surface area contributed by atoms with Crippen molar-refractivity contribution in [2.75, 3.05) is 6.61 Å². The fraction of sp³-hybridized carbons (Fsp3) is 0.400. The Kier molecular flexibility index (Phi) is 6.11. The third-order valence-electron chi connectivity index (χ3n) is 5.14. The summed E-state index contributed by atoms with van der Waals surface area (Å²) in [5, 5.41) is 8.96. The van der Waals surface area contributed by atoms with Crippen LogP contribution in [0.15, 0.2) is 29.2 Å². The fourth-order valence-corrected chi connectivity index (χ4v) is 4.59. The lowest BCUT2D eigenvalue weighted by Crippen LogP contribution is -2.16. The lowest BCUT2D eigenvalue weighted by Gasteiger charge is -2.19. The van der Waals surface area contributed by atoms with Gasteiger partial charge in [0.2, 0.25) is 0 Å². The lowest BCUT2D eigenvalue weighted by molar-refractivity contribution is 0.276. The lowest BCUT2D eigenvalue weighted by atomic mass is 9.95. The van der Waals surface area contributed by atoms with Crippen LogP contribution in [0.3, 0.4) is 0 Å². The summed E-state index contributed by atoms with van der Waals surface area (Å²) in [5.74, 6) is 0.236. The Bertz CT molecular complexity index is 873. The largest absolute Gasteiger partial charge is 0.396 e. The highest BCUT2D eigenvalue weighted by atomic mass is 32.2. The second kappa shape index (κ2) is 7.78. The van der Waals surface area contributed by atoms with E-state index in [2.05, 4.69) is 0 Å². The highest BCUT2D eigenvalue weighted by Gasteiger charge is 2.25. The molecule has 0 aromatic heterocycles. The average molecular weight is 378 g/mol. The zero-order valence-electron chi connectivity index (χ0n) is 16.0. The first kappa shape index (κ1) is 20.4. The summed E-state index contributed by atoms with van der Waals surface area (Å²) in [4.78, 5) is 0.235. The number of rotatable bonds is 6. The third-order valence-corrected chi connectivity index (χ3v) is 6.66. The Morgan fingerprint density at radius 2 is 1.38 bits per heavy atom. The Morgan fingerprint density at radius 3 is 1.85 bits per heavy atom. The SMILES string of the molecule is Cc1c(C)c(C)c(S(=O)(=O)Oc2ccc(C(N)CCO)cc2)c(C)c1C. The van der Waals surface area contributed by atoms with Crippen LogP contribution in [0.1, 0.15) is 45.8 Å². The molecule has 0 heterocycles. The van der Waals surface area contributed by atoms with Gasteiger partial charge in [0.1, 0.15) is 10.6 Å². The molecule has 1 atom stereocenters. The molecule has 5 nitrogen and oxygen atoms in total. The standard InChI is InChI=1S/C20H27NO4S/c1-12-13(2)15(4)20(16(5)14(12)3)26(23,24)25-18-8-6-17(7-9-18)19(21)10-11-22/h6-9,19,22H,10-11,21H2,1-5H3. The molecule has 0 spiro atoms. The van der Waals surface area contributed by atoms with Crippen LogP contribution in [0.2, 0.25) is 0 Å². The average Bonchev–Trinajstić information content (AvgIpc) is 2.58. The predicted octanol–water partition coefficient (Wildman–Crippen LogP) is 3.38. The number of aliphatic hydroxyl groups is 1. The monoisotopic (exact) mass is 377 g/mol. The minimum absolute atomic E-state index is 0.00151. The number of nitrogens with two attached hydrogens (primary N) is 1. The zero-order valence-corrected chi connectivity index (χ0v) is 16.8. The van der Waals surface area contributed by atoms with E-state index in [1.165, 1.54) is 0 Å². The van der Waals surface area contributed by atoms with Crippen LogP contribution < -0.4 is 9.92 Å². The van der Waals surface area contributed by atoms with Crippen molar-refractivity contribution in [2.24, 2.45) is 5.73 Å². The quantitative estimate of drug-likeness (QED) is 0.753. The van der Waals surface area contributed by atoms with E-state index in [0.717, 1.165) is 22.3 Å². The van der Waals surface area contributed by atoms with Gasteiger partial charge in [0.15, 0.2) is 0 Å². The predicted molar refractivity (Wildman–Crippen MR) is 103 cm³/mol. The van der Waals surface area contributed by atoms with E-state index in [-0.39, 0.29) is 23.3 Å². The van der Waals surface area contributed by atoms with Crippen molar-refractivity contribution in [3.63, 3.8) is 0 Å². The topological polar surface area (TPSA) is 89.6 Å². The molecule has 3 N–H and O–H groups in total. The van der Waals surface area contributed by atoms with E-state index < -0.39 is 10.1 Å². The van der Waals surface area contributed by atoms with Gasteiger partial charge in [-0.15, -0.1) is 0 Å². The van der Waals surface area contributed by atoms with Crippen LogP contribution in [0.25, 0.3) is 0 Å². The highest BCUT2D eigenvalue weighted by molar-refractivity contribution is 7.87. The normalized spacial score (nSPS) is 12.9. The molecule has 0 saturated carbocycles. The summed E-state index contributed by atoms with van der Waals surface area (Å²) >= 11 is 0. The minimum atomic E-state index is -3.95. The molecule has 6 heteroatoms. The molecule has 1 unspecified atom stereocenters. The number of hydrogen-bond donors (Lipinski definition) is 2. The van der Waals surface area contributed by atoms with Crippen molar-refractivity contribution in [3.05, 3.63) is 57.6 Å². The second-order valence-electron chi connectivity index (χ2n) is 6.68. The molecule has 0 aliphatic rings. The van der Waals surface area contributed by atoms with Gasteiger partial charge in [-0.25, -0.2) is 0 Å². The van der Waals surface area contributed by atoms with Crippen LogP contribution in [0, 0.1) is 34.6 Å². The molecule has 0 fully saturated rings. The minimum Gasteiger partial charge on any atom is -0.396 e. The summed E-state index contributed by atoms with van der Waals surface area (Å²) in [6.45, 7) is 9.46. The molecule has 0 amide bonds. The number of benzene rings is 2. The van der Waals surface area contributed by atoms with Crippen LogP contribution >= 0.6 is 0 Å². The molecule has 0 radical (unpaired) electrons. The van der Waals surface area contributed by atoms with Crippen molar-refractivity contribution >= 4 is 10.1 Å². The van der Waals surface area contributed by atoms with Crippen LogP contribution in [0.5, 0.6) is 5.75 Å². The number of aliphatic hydroxyl groups excluding tert-OH is 1. The van der Waals surface area contributed by atoms with Gasteiger partial charge in [-0.05, 0) is 86.6 Å². The summed E-state index contributed by atoms with van der Waals surface area (Å²) in [7, 11) is -3.95. The maximum atomic E-state index is 12.9. The van der Waals surface area contributed by atoms with Crippen molar-refractivity contribution in [2.45, 2.75) is 52.0 Å². The highest BCUT2D eigenvalue weighted by Crippen LogP contribution is 2.31. The van der Waals surface area contributed by atoms with Gasteiger partial charge in [0, 0.05) is 12.6 Å². The summed E-state index contributed by atoms with van der Waals surface area (Å²) < 4.78 is 31.2. The van der Waals surface area contributed by atoms with Gasteiger partial charge in [-0.1, -0.05) is 12.1 Å². The molecule has 142 valence electrons. The number of hydrogen-bond acceptors (Lipinski definition) is 5. The maximum absolute atomic E-state index is 12.9. The smallest absolute Gasteiger partial charge is 0.339 e. The molecule has 0 aliphatic carbocycles. The molecular formula is C20H27NO4S. The molecule has 0 bridgehead atoms. The maximum Gasteiger partial charge on any atom is 0.339 e. The van der Waals surface area contributed by atoms with Crippen molar-refractivity contribution in [1.82, 2.24) is 0 Å². The first-order chi connectivity index (χ1) is 12.1. The molecule has 0 saturated heterocycles. The molecule has 26 heavy (non-hydrogen) atoms. The Labute approximate surface area is 155 Å². The van der Waals surface area contributed by atoms with Gasteiger partial charge < -0.3 is 15.0 Å². The van der Waals surface area contributed by atoms with Crippen molar-refractivity contribution in [3.8, 4) is 5.75 Å². The first-order valence-corrected chi connectivity index (χ1v) is 9.98. The van der Waals surface area contributed by atoms with E-state index >= 15 is 0 Å². The second-order valence-corrected chi connectivity index (χ2v) is 8.16. The fourth-order valence-electron chi connectivity index (χ4n) is 3.09. The van der Waals surface area contributed by atoms with Crippen molar-refractivity contribution in [1.29, 1.82) is 0 Å².